The summed E-state index contributed by atoms with van der Waals surface area (Å²) >= 11 is 0. The van der Waals surface area contributed by atoms with Crippen molar-refractivity contribution in [3.05, 3.63) is 54.1 Å². The van der Waals surface area contributed by atoms with Crippen LogP contribution in [0, 0.1) is 6.92 Å². The minimum atomic E-state index is 0.748. The molecule has 3 heterocycles. The Hall–Kier alpha value is -2.92. The van der Waals surface area contributed by atoms with Gasteiger partial charge in [-0.05, 0) is 56.6 Å². The number of H-pyrrole nitrogens is 1. The van der Waals surface area contributed by atoms with Crippen LogP contribution in [0.1, 0.15) is 24.8 Å². The Morgan fingerprint density at radius 3 is 2.52 bits per heavy atom. The van der Waals surface area contributed by atoms with Crippen LogP contribution in [0.15, 0.2) is 48.5 Å². The predicted octanol–water partition coefficient (Wildman–Crippen LogP) is 4.98. The van der Waals surface area contributed by atoms with E-state index in [-0.39, 0.29) is 0 Å². The summed E-state index contributed by atoms with van der Waals surface area (Å²) in [5.74, 6) is 1.67. The Morgan fingerprint density at radius 1 is 0.931 bits per heavy atom. The van der Waals surface area contributed by atoms with Crippen LogP contribution in [0.2, 0.25) is 0 Å². The topological polar surface area (TPSA) is 56.8 Å². The molecule has 0 radical (unpaired) electrons. The zero-order valence-corrected chi connectivity index (χ0v) is 16.9. The number of para-hydroxylation sites is 2. The van der Waals surface area contributed by atoms with Crippen LogP contribution in [0.5, 0.6) is 0 Å². The van der Waals surface area contributed by atoms with Crippen LogP contribution < -0.4 is 5.32 Å². The molecule has 29 heavy (non-hydrogen) atoms. The highest BCUT2D eigenvalue weighted by Gasteiger charge is 2.15. The molecular formula is C24H27N5. The van der Waals surface area contributed by atoms with Gasteiger partial charge in [-0.2, -0.15) is 0 Å². The first kappa shape index (κ1) is 18.1. The molecule has 5 nitrogen and oxygen atoms in total. The number of piperidine rings is 1. The van der Waals surface area contributed by atoms with Crippen molar-refractivity contribution in [2.45, 2.75) is 26.2 Å². The van der Waals surface area contributed by atoms with Gasteiger partial charge in [-0.15, -0.1) is 0 Å². The van der Waals surface area contributed by atoms with Crippen LogP contribution in [0.4, 0.5) is 5.82 Å². The molecule has 2 aromatic carbocycles. The fourth-order valence-electron chi connectivity index (χ4n) is 4.34. The van der Waals surface area contributed by atoms with Gasteiger partial charge in [0.05, 0.1) is 11.2 Å². The van der Waals surface area contributed by atoms with Crippen LogP contribution in [0.25, 0.3) is 33.3 Å². The largest absolute Gasteiger partial charge is 0.368 e. The lowest BCUT2D eigenvalue weighted by molar-refractivity contribution is 0.237. The van der Waals surface area contributed by atoms with E-state index in [1.54, 1.807) is 0 Å². The third kappa shape index (κ3) is 3.58. The molecule has 0 saturated carbocycles. The summed E-state index contributed by atoms with van der Waals surface area (Å²) < 4.78 is 0. The highest BCUT2D eigenvalue weighted by atomic mass is 15.1. The van der Waals surface area contributed by atoms with E-state index in [4.69, 9.17) is 9.97 Å². The van der Waals surface area contributed by atoms with Crippen molar-refractivity contribution in [2.24, 2.45) is 0 Å². The fraction of sp³-hybridized carbons (Fsp3) is 0.333. The molecule has 0 atom stereocenters. The van der Waals surface area contributed by atoms with Gasteiger partial charge in [-0.1, -0.05) is 36.8 Å². The number of nitrogens with zero attached hydrogens (tertiary/aromatic N) is 3. The first-order valence-electron chi connectivity index (χ1n) is 10.6. The zero-order valence-electron chi connectivity index (χ0n) is 16.9. The van der Waals surface area contributed by atoms with Crippen LogP contribution >= 0.6 is 0 Å². The molecule has 0 aliphatic carbocycles. The lowest BCUT2D eigenvalue weighted by atomic mass is 10.1. The Bertz CT molecular complexity index is 1140. The minimum Gasteiger partial charge on any atom is -0.368 e. The molecule has 1 saturated heterocycles. The number of likely N-dealkylation sites (tertiary alicyclic amines) is 1. The molecule has 1 aliphatic heterocycles. The molecule has 5 rings (SSSR count). The van der Waals surface area contributed by atoms with Crippen LogP contribution in [-0.2, 0) is 0 Å². The number of anilines is 1. The molecule has 5 heteroatoms. The molecule has 1 fully saturated rings. The first-order valence-corrected chi connectivity index (χ1v) is 10.6. The minimum absolute atomic E-state index is 0.748. The van der Waals surface area contributed by atoms with Gasteiger partial charge >= 0.3 is 0 Å². The normalized spacial score (nSPS) is 15.2. The monoisotopic (exact) mass is 385 g/mol. The summed E-state index contributed by atoms with van der Waals surface area (Å²) in [5, 5.41) is 5.89. The standard InChI is InChI=1S/C24H27N5/c1-17-18-9-3-5-11-20(18)26-22(17)24-27-21-12-6-4-10-19(21)23(28-24)25-13-16-29-14-7-2-8-15-29/h3-6,9-12,26H,2,7-8,13-16H2,1H3,(H,25,27,28). The van der Waals surface area contributed by atoms with Crippen molar-refractivity contribution in [3.63, 3.8) is 0 Å². The highest BCUT2D eigenvalue weighted by molar-refractivity contribution is 5.93. The molecule has 1 aliphatic rings. The maximum Gasteiger partial charge on any atom is 0.178 e. The molecule has 2 aromatic heterocycles. The third-order valence-corrected chi connectivity index (χ3v) is 5.96. The molecule has 2 N–H and O–H groups in total. The van der Waals surface area contributed by atoms with E-state index in [9.17, 15) is 0 Å². The molecule has 148 valence electrons. The van der Waals surface area contributed by atoms with Crippen molar-refractivity contribution in [3.8, 4) is 11.5 Å². The number of hydrogen-bond donors (Lipinski definition) is 2. The number of fused-ring (bicyclic) bond motifs is 2. The lowest BCUT2D eigenvalue weighted by Crippen LogP contribution is -2.33. The van der Waals surface area contributed by atoms with E-state index in [0.717, 1.165) is 46.8 Å². The SMILES string of the molecule is Cc1c(-c2nc(NCCN3CCCCC3)c3ccccc3n2)[nH]c2ccccc12. The molecular weight excluding hydrogens is 358 g/mol. The smallest absolute Gasteiger partial charge is 0.178 e. The quantitative estimate of drug-likeness (QED) is 0.508. The molecule has 0 amide bonds. The maximum absolute atomic E-state index is 4.94. The third-order valence-electron chi connectivity index (χ3n) is 5.96. The number of aromatic amines is 1. The number of hydrogen-bond acceptors (Lipinski definition) is 4. The summed E-state index contributed by atoms with van der Waals surface area (Å²) in [7, 11) is 0. The maximum atomic E-state index is 4.94. The van der Waals surface area contributed by atoms with Gasteiger partial charge in [0, 0.05) is 29.4 Å². The average molecular weight is 386 g/mol. The van der Waals surface area contributed by atoms with E-state index < -0.39 is 0 Å². The molecule has 0 unspecified atom stereocenters. The van der Waals surface area contributed by atoms with E-state index >= 15 is 0 Å². The van der Waals surface area contributed by atoms with Gasteiger partial charge in [-0.25, -0.2) is 9.97 Å². The first-order chi connectivity index (χ1) is 14.3. The Labute approximate surface area is 171 Å². The van der Waals surface area contributed by atoms with Crippen LogP contribution in [0.3, 0.4) is 0 Å². The lowest BCUT2D eigenvalue weighted by Gasteiger charge is -2.26. The van der Waals surface area contributed by atoms with Gasteiger partial charge in [0.1, 0.15) is 5.82 Å². The van der Waals surface area contributed by atoms with Gasteiger partial charge in [0.2, 0.25) is 0 Å². The van der Waals surface area contributed by atoms with Crippen molar-refractivity contribution >= 4 is 27.6 Å². The number of aromatic nitrogens is 3. The molecule has 0 bridgehead atoms. The Morgan fingerprint density at radius 2 is 1.69 bits per heavy atom. The predicted molar refractivity (Wildman–Crippen MR) is 120 cm³/mol. The average Bonchev–Trinajstić information content (AvgIpc) is 3.11. The zero-order chi connectivity index (χ0) is 19.6. The molecule has 0 spiro atoms. The van der Waals surface area contributed by atoms with Crippen LogP contribution in [-0.4, -0.2) is 46.0 Å². The van der Waals surface area contributed by atoms with Crippen molar-refractivity contribution in [1.82, 2.24) is 19.9 Å². The van der Waals surface area contributed by atoms with E-state index in [1.165, 1.54) is 43.3 Å². The van der Waals surface area contributed by atoms with Gasteiger partial charge < -0.3 is 15.2 Å². The second-order valence-corrected chi connectivity index (χ2v) is 7.91. The van der Waals surface area contributed by atoms with Crippen molar-refractivity contribution < 1.29 is 0 Å². The van der Waals surface area contributed by atoms with Gasteiger partial charge in [0.25, 0.3) is 0 Å². The Kier molecular flexibility index (Phi) is 4.90. The summed E-state index contributed by atoms with van der Waals surface area (Å²) in [4.78, 5) is 15.9. The number of rotatable bonds is 5. The van der Waals surface area contributed by atoms with Crippen molar-refractivity contribution in [2.75, 3.05) is 31.5 Å². The van der Waals surface area contributed by atoms with Gasteiger partial charge in [0.15, 0.2) is 5.82 Å². The van der Waals surface area contributed by atoms with Crippen molar-refractivity contribution in [1.29, 1.82) is 0 Å². The number of nitrogens with one attached hydrogen (secondary N) is 2. The summed E-state index contributed by atoms with van der Waals surface area (Å²) in [6.45, 7) is 6.51. The highest BCUT2D eigenvalue weighted by Crippen LogP contribution is 2.30. The summed E-state index contributed by atoms with van der Waals surface area (Å²) in [5.41, 5.74) is 4.28. The van der Waals surface area contributed by atoms with E-state index in [1.807, 2.05) is 6.07 Å². The number of aryl methyl sites for hydroxylation is 1. The molecule has 4 aromatic rings. The second kappa shape index (κ2) is 7.84. The fourth-order valence-corrected chi connectivity index (χ4v) is 4.34. The Balaban J connectivity index is 1.49. The number of benzene rings is 2. The van der Waals surface area contributed by atoms with E-state index in [2.05, 4.69) is 64.6 Å². The summed E-state index contributed by atoms with van der Waals surface area (Å²) in [6, 6.07) is 16.6. The summed E-state index contributed by atoms with van der Waals surface area (Å²) in [6.07, 6.45) is 4.01. The van der Waals surface area contributed by atoms with Gasteiger partial charge in [-0.3, -0.25) is 0 Å². The van der Waals surface area contributed by atoms with E-state index in [0.29, 0.717) is 0 Å². The second-order valence-electron chi connectivity index (χ2n) is 7.91.